The zero-order valence-corrected chi connectivity index (χ0v) is 13.1. The number of aromatic nitrogens is 1. The van der Waals surface area contributed by atoms with Crippen LogP contribution in [0.25, 0.3) is 10.9 Å². The molecule has 2 N–H and O–H groups in total. The predicted molar refractivity (Wildman–Crippen MR) is 87.4 cm³/mol. The van der Waals surface area contributed by atoms with Crippen LogP contribution in [0, 0.1) is 0 Å². The van der Waals surface area contributed by atoms with Crippen molar-refractivity contribution in [3.8, 4) is 5.75 Å². The van der Waals surface area contributed by atoms with Gasteiger partial charge in [-0.3, -0.25) is 4.98 Å². The van der Waals surface area contributed by atoms with Crippen LogP contribution in [0.15, 0.2) is 46.4 Å². The van der Waals surface area contributed by atoms with Crippen molar-refractivity contribution in [2.24, 2.45) is 0 Å². The van der Waals surface area contributed by atoms with Gasteiger partial charge in [-0.1, -0.05) is 6.07 Å². The number of hydrogen-bond acceptors (Lipinski definition) is 4. The Morgan fingerprint density at radius 3 is 3.00 bits per heavy atom. The van der Waals surface area contributed by atoms with E-state index in [9.17, 15) is 0 Å². The van der Waals surface area contributed by atoms with Gasteiger partial charge in [-0.15, -0.1) is 11.3 Å². The Morgan fingerprint density at radius 2 is 2.20 bits per heavy atom. The standard InChI is InChI=1S/C15H13BrN2OS/c16-10-8-12-13(17)3-4-14(15(12)18-9-10)19-6-5-11-2-1-7-20-11/h1-4,7-9H,5-6,17H2. The molecule has 2 aromatic heterocycles. The summed E-state index contributed by atoms with van der Waals surface area (Å²) in [5, 5.41) is 2.99. The smallest absolute Gasteiger partial charge is 0.145 e. The fourth-order valence-corrected chi connectivity index (χ4v) is 3.04. The van der Waals surface area contributed by atoms with E-state index in [4.69, 9.17) is 10.5 Å². The fourth-order valence-electron chi connectivity index (χ4n) is 2.02. The quantitative estimate of drug-likeness (QED) is 0.716. The van der Waals surface area contributed by atoms with Crippen LogP contribution < -0.4 is 10.5 Å². The largest absolute Gasteiger partial charge is 0.491 e. The Labute approximate surface area is 129 Å². The number of ether oxygens (including phenoxy) is 1. The van der Waals surface area contributed by atoms with Crippen molar-refractivity contribution in [2.45, 2.75) is 6.42 Å². The number of nitrogen functional groups attached to an aromatic ring is 1. The second kappa shape index (κ2) is 5.81. The minimum absolute atomic E-state index is 0.636. The van der Waals surface area contributed by atoms with Crippen LogP contribution in [0.1, 0.15) is 4.88 Å². The molecule has 0 atom stereocenters. The van der Waals surface area contributed by atoms with Gasteiger partial charge in [0.15, 0.2) is 0 Å². The van der Waals surface area contributed by atoms with E-state index >= 15 is 0 Å². The van der Waals surface area contributed by atoms with Crippen molar-refractivity contribution in [1.29, 1.82) is 0 Å². The summed E-state index contributed by atoms with van der Waals surface area (Å²) >= 11 is 5.16. The number of rotatable bonds is 4. The summed E-state index contributed by atoms with van der Waals surface area (Å²) in [6, 6.07) is 9.87. The second-order valence-electron chi connectivity index (χ2n) is 4.38. The first-order chi connectivity index (χ1) is 9.74. The number of thiophene rings is 1. The van der Waals surface area contributed by atoms with Crippen LogP contribution in [0.2, 0.25) is 0 Å². The SMILES string of the molecule is Nc1ccc(OCCc2cccs2)c2ncc(Br)cc12. The molecule has 0 aliphatic rings. The molecule has 3 rings (SSSR count). The zero-order chi connectivity index (χ0) is 13.9. The van der Waals surface area contributed by atoms with Gasteiger partial charge in [0.05, 0.1) is 6.61 Å². The molecule has 0 amide bonds. The second-order valence-corrected chi connectivity index (χ2v) is 6.33. The minimum atomic E-state index is 0.636. The number of hydrogen-bond donors (Lipinski definition) is 1. The summed E-state index contributed by atoms with van der Waals surface area (Å²) < 4.78 is 6.77. The van der Waals surface area contributed by atoms with E-state index < -0.39 is 0 Å². The van der Waals surface area contributed by atoms with Gasteiger partial charge in [0.2, 0.25) is 0 Å². The number of nitrogens with zero attached hydrogens (tertiary/aromatic N) is 1. The van der Waals surface area contributed by atoms with Gasteiger partial charge >= 0.3 is 0 Å². The minimum Gasteiger partial charge on any atom is -0.491 e. The monoisotopic (exact) mass is 348 g/mol. The Hall–Kier alpha value is -1.59. The lowest BCUT2D eigenvalue weighted by Gasteiger charge is -2.10. The van der Waals surface area contributed by atoms with Gasteiger partial charge < -0.3 is 10.5 Å². The normalized spacial score (nSPS) is 10.8. The molecular weight excluding hydrogens is 336 g/mol. The Bertz CT molecular complexity index is 728. The number of pyridine rings is 1. The highest BCUT2D eigenvalue weighted by molar-refractivity contribution is 9.10. The molecule has 3 aromatic rings. The molecule has 0 bridgehead atoms. The van der Waals surface area contributed by atoms with Crippen LogP contribution in [0.4, 0.5) is 5.69 Å². The molecule has 102 valence electrons. The first-order valence-corrected chi connectivity index (χ1v) is 7.90. The third kappa shape index (κ3) is 2.78. The maximum absolute atomic E-state index is 5.99. The highest BCUT2D eigenvalue weighted by atomic mass is 79.9. The number of halogens is 1. The van der Waals surface area contributed by atoms with E-state index in [0.29, 0.717) is 12.3 Å². The number of fused-ring (bicyclic) bond motifs is 1. The molecule has 20 heavy (non-hydrogen) atoms. The molecule has 2 heterocycles. The van der Waals surface area contributed by atoms with Gasteiger partial charge in [-0.2, -0.15) is 0 Å². The maximum atomic E-state index is 5.99. The molecule has 0 aliphatic heterocycles. The number of benzene rings is 1. The highest BCUT2D eigenvalue weighted by Crippen LogP contribution is 2.30. The molecule has 3 nitrogen and oxygen atoms in total. The van der Waals surface area contributed by atoms with E-state index in [-0.39, 0.29) is 0 Å². The van der Waals surface area contributed by atoms with Crippen molar-refractivity contribution in [3.63, 3.8) is 0 Å². The third-order valence-corrected chi connectivity index (χ3v) is 4.37. The van der Waals surface area contributed by atoms with E-state index in [1.54, 1.807) is 17.5 Å². The lowest BCUT2D eigenvalue weighted by atomic mass is 10.1. The molecule has 0 fully saturated rings. The van der Waals surface area contributed by atoms with Crippen molar-refractivity contribution in [1.82, 2.24) is 4.98 Å². The lowest BCUT2D eigenvalue weighted by Crippen LogP contribution is -2.01. The molecule has 5 heteroatoms. The topological polar surface area (TPSA) is 48.1 Å². The average molecular weight is 349 g/mol. The summed E-state index contributed by atoms with van der Waals surface area (Å²) in [6.45, 7) is 0.636. The van der Waals surface area contributed by atoms with Crippen LogP contribution in [0.5, 0.6) is 5.75 Å². The molecular formula is C15H13BrN2OS. The van der Waals surface area contributed by atoms with Crippen LogP contribution in [-0.4, -0.2) is 11.6 Å². The van der Waals surface area contributed by atoms with Crippen molar-refractivity contribution in [2.75, 3.05) is 12.3 Å². The molecule has 0 aliphatic carbocycles. The molecule has 0 saturated carbocycles. The molecule has 1 aromatic carbocycles. The van der Waals surface area contributed by atoms with E-state index in [2.05, 4.69) is 38.4 Å². The number of anilines is 1. The summed E-state index contributed by atoms with van der Waals surface area (Å²) in [5.74, 6) is 0.776. The lowest BCUT2D eigenvalue weighted by molar-refractivity contribution is 0.326. The van der Waals surface area contributed by atoms with Gasteiger partial charge in [0, 0.05) is 33.0 Å². The average Bonchev–Trinajstić information content (AvgIpc) is 2.95. The summed E-state index contributed by atoms with van der Waals surface area (Å²) in [7, 11) is 0. The van der Waals surface area contributed by atoms with E-state index in [0.717, 1.165) is 27.5 Å². The van der Waals surface area contributed by atoms with Crippen molar-refractivity contribution in [3.05, 3.63) is 51.3 Å². The first kappa shape index (κ1) is 13.4. The van der Waals surface area contributed by atoms with Crippen LogP contribution >= 0.6 is 27.3 Å². The summed E-state index contributed by atoms with van der Waals surface area (Å²) in [5.41, 5.74) is 7.50. The highest BCUT2D eigenvalue weighted by Gasteiger charge is 2.07. The first-order valence-electron chi connectivity index (χ1n) is 6.23. The Kier molecular flexibility index (Phi) is 3.89. The fraction of sp³-hybridized carbons (Fsp3) is 0.133. The molecule has 0 spiro atoms. The predicted octanol–water partition coefficient (Wildman–Crippen LogP) is 4.26. The summed E-state index contributed by atoms with van der Waals surface area (Å²) in [6.07, 6.45) is 2.66. The van der Waals surface area contributed by atoms with Crippen LogP contribution in [-0.2, 0) is 6.42 Å². The Morgan fingerprint density at radius 1 is 1.30 bits per heavy atom. The Balaban J connectivity index is 1.82. The molecule has 0 unspecified atom stereocenters. The van der Waals surface area contributed by atoms with Crippen molar-refractivity contribution >= 4 is 43.9 Å². The summed E-state index contributed by atoms with van der Waals surface area (Å²) in [4.78, 5) is 5.73. The van der Waals surface area contributed by atoms with E-state index in [1.807, 2.05) is 18.2 Å². The zero-order valence-electron chi connectivity index (χ0n) is 10.7. The third-order valence-electron chi connectivity index (χ3n) is 3.00. The van der Waals surface area contributed by atoms with Gasteiger partial charge in [-0.25, -0.2) is 0 Å². The number of nitrogens with two attached hydrogens (primary N) is 1. The van der Waals surface area contributed by atoms with Gasteiger partial charge in [-0.05, 0) is 45.6 Å². The molecule has 0 radical (unpaired) electrons. The van der Waals surface area contributed by atoms with Crippen molar-refractivity contribution < 1.29 is 4.74 Å². The van der Waals surface area contributed by atoms with Gasteiger partial charge in [0.25, 0.3) is 0 Å². The van der Waals surface area contributed by atoms with Gasteiger partial charge in [0.1, 0.15) is 11.3 Å². The van der Waals surface area contributed by atoms with E-state index in [1.165, 1.54) is 4.88 Å². The maximum Gasteiger partial charge on any atom is 0.145 e. The van der Waals surface area contributed by atoms with Crippen LogP contribution in [0.3, 0.4) is 0 Å². The molecule has 0 saturated heterocycles.